The number of anilines is 2. The molecule has 2 aromatic carbocycles. The van der Waals surface area contributed by atoms with E-state index in [9.17, 15) is 19.2 Å². The summed E-state index contributed by atoms with van der Waals surface area (Å²) in [7, 11) is 1.77. The lowest BCUT2D eigenvalue weighted by atomic mass is 9.78. The third-order valence-electron chi connectivity index (χ3n) is 11.1. The molecule has 0 bridgehead atoms. The lowest BCUT2D eigenvalue weighted by Gasteiger charge is -2.41. The number of halogens is 1. The number of benzene rings is 2. The van der Waals surface area contributed by atoms with Gasteiger partial charge in [0.25, 0.3) is 11.5 Å². The van der Waals surface area contributed by atoms with Gasteiger partial charge in [-0.25, -0.2) is 4.39 Å². The number of aromatic nitrogens is 2. The third kappa shape index (κ3) is 6.22. The maximum atomic E-state index is 15.2. The zero-order chi connectivity index (χ0) is 34.4. The Morgan fingerprint density at radius 2 is 1.59 bits per heavy atom. The molecule has 4 aromatic rings. The van der Waals surface area contributed by atoms with E-state index in [-0.39, 0.29) is 35.5 Å². The van der Waals surface area contributed by atoms with Crippen LogP contribution in [0.25, 0.3) is 22.0 Å². The molecule has 1 atom stereocenters. The molecule has 0 radical (unpaired) electrons. The minimum atomic E-state index is -0.553. The monoisotopic (exact) mass is 666 g/mol. The number of piperidine rings is 3. The second kappa shape index (κ2) is 13.2. The Hall–Kier alpha value is -4.93. The number of hydrogen-bond acceptors (Lipinski definition) is 6. The number of imide groups is 1. The molecule has 0 aliphatic carbocycles. The van der Waals surface area contributed by atoms with Crippen molar-refractivity contribution in [1.82, 2.24) is 19.8 Å². The number of aryl methyl sites for hydroxylation is 1. The van der Waals surface area contributed by atoms with Gasteiger partial charge >= 0.3 is 0 Å². The minimum absolute atomic E-state index is 0.00547. The number of fused-ring (bicyclic) bond motifs is 1. The smallest absolute Gasteiger partial charge is 0.255 e. The predicted molar refractivity (Wildman–Crippen MR) is 188 cm³/mol. The molecule has 3 saturated heterocycles. The summed E-state index contributed by atoms with van der Waals surface area (Å²) >= 11 is 0. The molecular weight excluding hydrogens is 623 g/mol. The number of likely N-dealkylation sites (tertiary alicyclic amines) is 1. The molecule has 3 aliphatic heterocycles. The Morgan fingerprint density at radius 3 is 2.29 bits per heavy atom. The number of aromatic amines is 1. The fourth-order valence-electron chi connectivity index (χ4n) is 8.06. The number of H-pyrrole nitrogens is 1. The van der Waals surface area contributed by atoms with Gasteiger partial charge in [-0.2, -0.15) is 0 Å². The number of amides is 3. The number of nitrogens with zero attached hydrogens (tertiary/aromatic N) is 3. The standard InChI is InChI=1S/C38H43FN6O4/c1-22-23(2)37(48)43(3)21-30(22)27-5-6-29(35-28(27)10-15-40-35)38(49)45-18-13-25(14-19-45)24-11-16-44(17-12-24)33-8-4-26(20-31(33)39)41-32-7-9-34(46)42-36(32)47/h4-6,8,10,15,20-21,24-25,32,40-41H,7,9,11-14,16-19H2,1-3H3,(H,42,46,47). The zero-order valence-electron chi connectivity index (χ0n) is 28.3. The average molecular weight is 667 g/mol. The molecule has 1 unspecified atom stereocenters. The van der Waals surface area contributed by atoms with E-state index in [1.807, 2.05) is 49.3 Å². The molecule has 5 heterocycles. The van der Waals surface area contributed by atoms with E-state index in [1.165, 1.54) is 6.07 Å². The molecule has 3 N–H and O–H groups in total. The van der Waals surface area contributed by atoms with E-state index in [0.29, 0.717) is 48.3 Å². The number of pyridine rings is 1. The minimum Gasteiger partial charge on any atom is -0.374 e. The van der Waals surface area contributed by atoms with E-state index in [1.54, 1.807) is 23.7 Å². The highest BCUT2D eigenvalue weighted by atomic mass is 19.1. The van der Waals surface area contributed by atoms with Crippen LogP contribution < -0.4 is 21.1 Å². The van der Waals surface area contributed by atoms with Gasteiger partial charge in [-0.15, -0.1) is 0 Å². The largest absolute Gasteiger partial charge is 0.374 e. The number of carbonyl (C=O) groups is 3. The van der Waals surface area contributed by atoms with Gasteiger partial charge in [0, 0.05) is 74.2 Å². The normalized spacial score (nSPS) is 19.4. The van der Waals surface area contributed by atoms with Gasteiger partial charge in [0.15, 0.2) is 0 Å². The lowest BCUT2D eigenvalue weighted by molar-refractivity contribution is -0.133. The zero-order valence-corrected chi connectivity index (χ0v) is 28.3. The van der Waals surface area contributed by atoms with E-state index < -0.39 is 6.04 Å². The van der Waals surface area contributed by atoms with Crippen molar-refractivity contribution in [1.29, 1.82) is 0 Å². The van der Waals surface area contributed by atoms with Crippen molar-refractivity contribution in [2.45, 2.75) is 58.4 Å². The van der Waals surface area contributed by atoms with Crippen LogP contribution in [0.4, 0.5) is 15.8 Å². The second-order valence-electron chi connectivity index (χ2n) is 13.9. The van der Waals surface area contributed by atoms with Crippen LogP contribution in [-0.4, -0.2) is 64.4 Å². The lowest BCUT2D eigenvalue weighted by Crippen LogP contribution is -2.47. The fourth-order valence-corrected chi connectivity index (χ4v) is 8.06. The summed E-state index contributed by atoms with van der Waals surface area (Å²) in [6, 6.07) is 10.4. The Kier molecular flexibility index (Phi) is 8.77. The first-order valence-electron chi connectivity index (χ1n) is 17.3. The second-order valence-corrected chi connectivity index (χ2v) is 13.9. The SMILES string of the molecule is Cc1c(-c2ccc(C(=O)N3CCC(C4CCN(c5ccc(NC6CCC(=O)NC6=O)cc5F)CC4)CC3)c3[nH]ccc23)cn(C)c(=O)c1C. The molecule has 49 heavy (non-hydrogen) atoms. The van der Waals surface area contributed by atoms with Crippen LogP contribution in [0.15, 0.2) is 53.6 Å². The molecule has 11 heteroatoms. The van der Waals surface area contributed by atoms with Gasteiger partial charge < -0.3 is 24.7 Å². The summed E-state index contributed by atoms with van der Waals surface area (Å²) in [5.74, 6) is 0.109. The van der Waals surface area contributed by atoms with Crippen LogP contribution in [0.2, 0.25) is 0 Å². The predicted octanol–water partition coefficient (Wildman–Crippen LogP) is 5.28. The maximum absolute atomic E-state index is 15.2. The summed E-state index contributed by atoms with van der Waals surface area (Å²) < 4.78 is 16.8. The van der Waals surface area contributed by atoms with Crippen LogP contribution in [0, 0.1) is 31.5 Å². The molecule has 7 rings (SSSR count). The third-order valence-corrected chi connectivity index (χ3v) is 11.1. The van der Waals surface area contributed by atoms with Crippen molar-refractivity contribution >= 4 is 40.0 Å². The van der Waals surface area contributed by atoms with Crippen LogP contribution in [0.3, 0.4) is 0 Å². The summed E-state index contributed by atoms with van der Waals surface area (Å²) in [6.07, 6.45) is 8.25. The van der Waals surface area contributed by atoms with Crippen molar-refractivity contribution in [3.63, 3.8) is 0 Å². The van der Waals surface area contributed by atoms with Crippen LogP contribution in [0.5, 0.6) is 0 Å². The van der Waals surface area contributed by atoms with Gasteiger partial charge in [0.05, 0.1) is 16.8 Å². The Labute approximate surface area is 284 Å². The molecule has 0 saturated carbocycles. The van der Waals surface area contributed by atoms with E-state index >= 15 is 4.39 Å². The van der Waals surface area contributed by atoms with Gasteiger partial charge in [-0.05, 0) is 99.2 Å². The van der Waals surface area contributed by atoms with Crippen molar-refractivity contribution in [2.75, 3.05) is 36.4 Å². The highest BCUT2D eigenvalue weighted by Gasteiger charge is 2.33. The van der Waals surface area contributed by atoms with Crippen LogP contribution >= 0.6 is 0 Å². The van der Waals surface area contributed by atoms with E-state index in [0.717, 1.165) is 71.9 Å². The molecule has 256 valence electrons. The number of rotatable bonds is 6. The van der Waals surface area contributed by atoms with E-state index in [4.69, 9.17) is 0 Å². The Bertz CT molecular complexity index is 2000. The molecular formula is C38H43FN6O4. The highest BCUT2D eigenvalue weighted by molar-refractivity contribution is 6.10. The first-order valence-corrected chi connectivity index (χ1v) is 17.3. The summed E-state index contributed by atoms with van der Waals surface area (Å²) in [6.45, 7) is 6.79. The topological polar surface area (TPSA) is 120 Å². The van der Waals surface area contributed by atoms with Crippen LogP contribution in [-0.2, 0) is 16.6 Å². The van der Waals surface area contributed by atoms with Crippen molar-refractivity contribution in [3.8, 4) is 11.1 Å². The maximum Gasteiger partial charge on any atom is 0.255 e. The van der Waals surface area contributed by atoms with Gasteiger partial charge in [0.1, 0.15) is 11.9 Å². The number of carbonyl (C=O) groups excluding carboxylic acids is 3. The fraction of sp³-hybridized carbons (Fsp3) is 0.421. The molecule has 0 spiro atoms. The summed E-state index contributed by atoms with van der Waals surface area (Å²) in [4.78, 5) is 57.2. The van der Waals surface area contributed by atoms with Crippen molar-refractivity contribution in [3.05, 3.63) is 81.7 Å². The molecule has 10 nitrogen and oxygen atoms in total. The molecule has 3 amide bonds. The first kappa shape index (κ1) is 32.6. The van der Waals surface area contributed by atoms with Crippen molar-refractivity contribution < 1.29 is 18.8 Å². The van der Waals surface area contributed by atoms with Gasteiger partial charge in [-0.3, -0.25) is 24.5 Å². The average Bonchev–Trinajstić information content (AvgIpc) is 3.60. The van der Waals surface area contributed by atoms with E-state index in [2.05, 4.69) is 20.5 Å². The molecule has 3 aliphatic rings. The molecule has 3 fully saturated rings. The number of hydrogen-bond donors (Lipinski definition) is 3. The Balaban J connectivity index is 0.953. The van der Waals surface area contributed by atoms with Crippen LogP contribution in [0.1, 0.15) is 60.0 Å². The van der Waals surface area contributed by atoms with Crippen molar-refractivity contribution in [2.24, 2.45) is 18.9 Å². The van der Waals surface area contributed by atoms with Gasteiger partial charge in [-0.1, -0.05) is 6.07 Å². The highest BCUT2D eigenvalue weighted by Crippen LogP contribution is 2.37. The quantitative estimate of drug-likeness (QED) is 0.241. The summed E-state index contributed by atoms with van der Waals surface area (Å²) in [5, 5.41) is 6.34. The Morgan fingerprint density at radius 1 is 0.878 bits per heavy atom. The first-order chi connectivity index (χ1) is 23.6. The summed E-state index contributed by atoms with van der Waals surface area (Å²) in [5.41, 5.74) is 6.20. The van der Waals surface area contributed by atoms with Gasteiger partial charge in [0.2, 0.25) is 11.8 Å². The number of nitrogens with one attached hydrogen (secondary N) is 3. The molecule has 2 aromatic heterocycles.